The van der Waals surface area contributed by atoms with Crippen LogP contribution in [0.15, 0.2) is 35.3 Å². The first kappa shape index (κ1) is 12.4. The van der Waals surface area contributed by atoms with Gasteiger partial charge >= 0.3 is 0 Å². The smallest absolute Gasteiger partial charge is 0.262 e. The van der Waals surface area contributed by atoms with Crippen LogP contribution in [0, 0.1) is 0 Å². The maximum Gasteiger partial charge on any atom is 0.262 e. The van der Waals surface area contributed by atoms with Crippen molar-refractivity contribution in [3.63, 3.8) is 0 Å². The van der Waals surface area contributed by atoms with Crippen LogP contribution in [0.1, 0.15) is 0 Å². The van der Waals surface area contributed by atoms with Crippen molar-refractivity contribution in [1.29, 1.82) is 0 Å². The van der Waals surface area contributed by atoms with Crippen LogP contribution in [-0.2, 0) is 0 Å². The first-order valence-corrected chi connectivity index (χ1v) is 5.98. The van der Waals surface area contributed by atoms with E-state index in [-0.39, 0.29) is 11.4 Å². The number of rotatable bonds is 2. The molecule has 0 radical (unpaired) electrons. The van der Waals surface area contributed by atoms with Gasteiger partial charge in [0.2, 0.25) is 5.88 Å². The molecular formula is C12H8ClN5O2. The lowest BCUT2D eigenvalue weighted by Gasteiger charge is -2.05. The van der Waals surface area contributed by atoms with Gasteiger partial charge < -0.3 is 10.1 Å². The van der Waals surface area contributed by atoms with Gasteiger partial charge in [0.05, 0.1) is 6.20 Å². The van der Waals surface area contributed by atoms with Gasteiger partial charge in [0.25, 0.3) is 5.56 Å². The first-order chi connectivity index (χ1) is 9.65. The Kier molecular flexibility index (Phi) is 2.96. The molecule has 2 heterocycles. The Bertz CT molecular complexity index is 813. The fraction of sp³-hybridized carbons (Fsp3) is 0. The number of nitrogens with zero attached hydrogens (tertiary/aromatic N) is 3. The Balaban J connectivity index is 2.17. The predicted octanol–water partition coefficient (Wildman–Crippen LogP) is 1.58. The zero-order valence-corrected chi connectivity index (χ0v) is 10.7. The Morgan fingerprint density at radius 1 is 1.30 bits per heavy atom. The molecule has 2 aromatic heterocycles. The largest absolute Gasteiger partial charge is 0.493 e. The SMILES string of the molecule is O=c1[nH]c(-c2cn[nH]n2)nc(O)c1-c1cccc(Cl)c1. The summed E-state index contributed by atoms with van der Waals surface area (Å²) >= 11 is 5.88. The summed E-state index contributed by atoms with van der Waals surface area (Å²) in [6.45, 7) is 0. The molecule has 0 saturated heterocycles. The Morgan fingerprint density at radius 3 is 2.80 bits per heavy atom. The Labute approximate surface area is 117 Å². The number of nitrogens with one attached hydrogen (secondary N) is 2. The van der Waals surface area contributed by atoms with Crippen LogP contribution in [0.25, 0.3) is 22.6 Å². The van der Waals surface area contributed by atoms with Crippen LogP contribution in [0.3, 0.4) is 0 Å². The molecule has 0 fully saturated rings. The van der Waals surface area contributed by atoms with E-state index in [9.17, 15) is 9.90 Å². The van der Waals surface area contributed by atoms with Gasteiger partial charge in [-0.05, 0) is 17.7 Å². The van der Waals surface area contributed by atoms with Crippen molar-refractivity contribution >= 4 is 11.6 Å². The van der Waals surface area contributed by atoms with Crippen LogP contribution in [0.4, 0.5) is 0 Å². The fourth-order valence-electron chi connectivity index (χ4n) is 1.80. The van der Waals surface area contributed by atoms with E-state index in [0.717, 1.165) is 0 Å². The normalized spacial score (nSPS) is 10.7. The molecule has 3 aromatic rings. The molecule has 0 aliphatic rings. The molecule has 8 heteroatoms. The van der Waals surface area contributed by atoms with Crippen molar-refractivity contribution < 1.29 is 5.11 Å². The molecule has 0 saturated carbocycles. The fourth-order valence-corrected chi connectivity index (χ4v) is 1.99. The molecule has 1 aromatic carbocycles. The lowest BCUT2D eigenvalue weighted by atomic mass is 10.1. The van der Waals surface area contributed by atoms with Crippen molar-refractivity contribution in [2.24, 2.45) is 0 Å². The number of hydrogen-bond acceptors (Lipinski definition) is 5. The topological polar surface area (TPSA) is 108 Å². The van der Waals surface area contributed by atoms with E-state index in [1.165, 1.54) is 6.20 Å². The third-order valence-corrected chi connectivity index (χ3v) is 2.91. The zero-order valence-electron chi connectivity index (χ0n) is 9.96. The van der Waals surface area contributed by atoms with Gasteiger partial charge in [0.1, 0.15) is 11.3 Å². The number of aromatic hydroxyl groups is 1. The molecule has 0 spiro atoms. The van der Waals surface area contributed by atoms with Crippen LogP contribution in [-0.4, -0.2) is 30.5 Å². The van der Waals surface area contributed by atoms with Crippen molar-refractivity contribution in [3.8, 4) is 28.5 Å². The van der Waals surface area contributed by atoms with E-state index in [1.54, 1.807) is 24.3 Å². The summed E-state index contributed by atoms with van der Waals surface area (Å²) in [5.41, 5.74) is 0.378. The minimum atomic E-state index is -0.488. The summed E-state index contributed by atoms with van der Waals surface area (Å²) < 4.78 is 0. The average Bonchev–Trinajstić information content (AvgIpc) is 2.91. The summed E-state index contributed by atoms with van der Waals surface area (Å²) in [6, 6.07) is 6.59. The quantitative estimate of drug-likeness (QED) is 0.664. The minimum Gasteiger partial charge on any atom is -0.493 e. The summed E-state index contributed by atoms with van der Waals surface area (Å²) in [5.74, 6) is -0.263. The Hall–Kier alpha value is -2.67. The second-order valence-electron chi connectivity index (χ2n) is 3.98. The van der Waals surface area contributed by atoms with E-state index in [1.807, 2.05) is 0 Å². The molecule has 0 aliphatic heterocycles. The molecule has 100 valence electrons. The standard InChI is InChI=1S/C12H8ClN5O2/c13-7-3-1-2-6(4-7)9-11(19)15-10(16-12(9)20)8-5-14-18-17-8/h1-5H,(H,14,17,18)(H2,15,16,19,20). The summed E-state index contributed by atoms with van der Waals surface area (Å²) in [7, 11) is 0. The summed E-state index contributed by atoms with van der Waals surface area (Å²) in [4.78, 5) is 18.6. The van der Waals surface area contributed by atoms with Crippen LogP contribution in [0.5, 0.6) is 5.88 Å². The highest BCUT2D eigenvalue weighted by atomic mass is 35.5. The zero-order chi connectivity index (χ0) is 14.1. The third kappa shape index (κ3) is 2.14. The lowest BCUT2D eigenvalue weighted by Crippen LogP contribution is -2.12. The van der Waals surface area contributed by atoms with Gasteiger partial charge in [-0.25, -0.2) is 0 Å². The second kappa shape index (κ2) is 4.78. The maximum absolute atomic E-state index is 12.1. The highest BCUT2D eigenvalue weighted by Crippen LogP contribution is 2.26. The van der Waals surface area contributed by atoms with E-state index < -0.39 is 11.4 Å². The monoisotopic (exact) mass is 289 g/mol. The van der Waals surface area contributed by atoms with E-state index >= 15 is 0 Å². The average molecular weight is 290 g/mol. The van der Waals surface area contributed by atoms with Crippen molar-refractivity contribution in [3.05, 3.63) is 45.8 Å². The lowest BCUT2D eigenvalue weighted by molar-refractivity contribution is 0.454. The highest BCUT2D eigenvalue weighted by Gasteiger charge is 2.15. The molecule has 0 amide bonds. The molecule has 7 nitrogen and oxygen atoms in total. The Morgan fingerprint density at radius 2 is 2.15 bits per heavy atom. The van der Waals surface area contributed by atoms with Crippen LogP contribution < -0.4 is 5.56 Å². The van der Waals surface area contributed by atoms with Gasteiger partial charge in [-0.1, -0.05) is 23.7 Å². The summed E-state index contributed by atoms with van der Waals surface area (Å²) in [6.07, 6.45) is 1.39. The molecule has 3 rings (SSSR count). The van der Waals surface area contributed by atoms with Crippen molar-refractivity contribution in [2.75, 3.05) is 0 Å². The van der Waals surface area contributed by atoms with Gasteiger partial charge in [0, 0.05) is 5.02 Å². The van der Waals surface area contributed by atoms with E-state index in [4.69, 9.17) is 11.6 Å². The molecule has 3 N–H and O–H groups in total. The van der Waals surface area contributed by atoms with Gasteiger partial charge in [0.15, 0.2) is 5.82 Å². The minimum absolute atomic E-state index is 0.0553. The number of aromatic nitrogens is 5. The molecule has 0 aliphatic carbocycles. The van der Waals surface area contributed by atoms with E-state index in [2.05, 4.69) is 25.4 Å². The number of hydrogen-bond donors (Lipinski definition) is 3. The highest BCUT2D eigenvalue weighted by molar-refractivity contribution is 6.30. The number of aromatic amines is 2. The van der Waals surface area contributed by atoms with Crippen LogP contribution >= 0.6 is 11.6 Å². The van der Waals surface area contributed by atoms with Gasteiger partial charge in [-0.15, -0.1) is 0 Å². The number of halogens is 1. The molecule has 20 heavy (non-hydrogen) atoms. The van der Waals surface area contributed by atoms with Gasteiger partial charge in [-0.3, -0.25) is 4.79 Å². The molecule has 0 unspecified atom stereocenters. The van der Waals surface area contributed by atoms with Crippen molar-refractivity contribution in [2.45, 2.75) is 0 Å². The maximum atomic E-state index is 12.1. The summed E-state index contributed by atoms with van der Waals surface area (Å²) in [5, 5.41) is 20.2. The number of benzene rings is 1. The first-order valence-electron chi connectivity index (χ1n) is 5.60. The van der Waals surface area contributed by atoms with Gasteiger partial charge in [-0.2, -0.15) is 20.4 Å². The predicted molar refractivity (Wildman–Crippen MR) is 72.3 cm³/mol. The second-order valence-corrected chi connectivity index (χ2v) is 4.42. The number of H-pyrrole nitrogens is 2. The molecule has 0 atom stereocenters. The molecule has 0 bridgehead atoms. The third-order valence-electron chi connectivity index (χ3n) is 2.67. The molecular weight excluding hydrogens is 282 g/mol. The van der Waals surface area contributed by atoms with Crippen molar-refractivity contribution in [1.82, 2.24) is 25.4 Å². The van der Waals surface area contributed by atoms with Crippen LogP contribution in [0.2, 0.25) is 5.02 Å². The van der Waals surface area contributed by atoms with E-state index in [0.29, 0.717) is 16.3 Å².